The number of nitrogens with two attached hydrogens (primary N) is 1. The van der Waals surface area contributed by atoms with Crippen molar-refractivity contribution < 1.29 is 9.53 Å². The lowest BCUT2D eigenvalue weighted by atomic mass is 10.2. The van der Waals surface area contributed by atoms with Crippen LogP contribution < -0.4 is 16.4 Å². The highest BCUT2D eigenvalue weighted by molar-refractivity contribution is 6.36. The van der Waals surface area contributed by atoms with Gasteiger partial charge in [0, 0.05) is 5.02 Å². The second kappa shape index (κ2) is 8.11. The second-order valence-electron chi connectivity index (χ2n) is 5.40. The van der Waals surface area contributed by atoms with E-state index in [-0.39, 0.29) is 5.69 Å². The number of aromatic nitrogens is 2. The first-order valence-corrected chi connectivity index (χ1v) is 8.52. The predicted molar refractivity (Wildman–Crippen MR) is 107 cm³/mol. The van der Waals surface area contributed by atoms with Crippen molar-refractivity contribution in [3.63, 3.8) is 0 Å². The Balaban J connectivity index is 1.91. The van der Waals surface area contributed by atoms with Gasteiger partial charge >= 0.3 is 5.97 Å². The Bertz CT molecular complexity index is 997. The van der Waals surface area contributed by atoms with Crippen LogP contribution in [0.5, 0.6) is 0 Å². The van der Waals surface area contributed by atoms with Crippen LogP contribution in [0.1, 0.15) is 10.4 Å². The van der Waals surface area contributed by atoms with Crippen molar-refractivity contribution in [2.45, 2.75) is 0 Å². The summed E-state index contributed by atoms with van der Waals surface area (Å²) < 4.78 is 4.79. The molecule has 138 valence electrons. The van der Waals surface area contributed by atoms with Crippen molar-refractivity contribution in [2.75, 3.05) is 23.5 Å². The molecule has 0 spiro atoms. The highest BCUT2D eigenvalue weighted by atomic mass is 35.5. The number of carbonyl (C=O) groups excluding carboxylic acids is 1. The molecule has 27 heavy (non-hydrogen) atoms. The Kier molecular flexibility index (Phi) is 5.63. The zero-order valence-electron chi connectivity index (χ0n) is 14.2. The van der Waals surface area contributed by atoms with Gasteiger partial charge in [0.1, 0.15) is 12.0 Å². The molecule has 0 bridgehead atoms. The smallest absolute Gasteiger partial charge is 0.339 e. The number of nitrogens with zero attached hydrogens (tertiary/aromatic N) is 2. The maximum absolute atomic E-state index is 11.9. The van der Waals surface area contributed by atoms with Gasteiger partial charge in [-0.05, 0) is 30.3 Å². The maximum atomic E-state index is 11.9. The molecule has 0 saturated carbocycles. The minimum absolute atomic E-state index is 0.253. The van der Waals surface area contributed by atoms with E-state index in [1.807, 2.05) is 0 Å². The van der Waals surface area contributed by atoms with Gasteiger partial charge < -0.3 is 21.1 Å². The van der Waals surface area contributed by atoms with E-state index in [1.54, 1.807) is 42.5 Å². The van der Waals surface area contributed by atoms with Crippen molar-refractivity contribution in [3.05, 3.63) is 64.4 Å². The van der Waals surface area contributed by atoms with Gasteiger partial charge in [0.05, 0.1) is 29.1 Å². The summed E-state index contributed by atoms with van der Waals surface area (Å²) in [7, 11) is 1.32. The first-order chi connectivity index (χ1) is 13.0. The number of methoxy groups -OCH3 is 1. The molecule has 0 atom stereocenters. The molecule has 4 N–H and O–H groups in total. The number of esters is 1. The molecule has 3 aromatic rings. The molecule has 0 aliphatic heterocycles. The van der Waals surface area contributed by atoms with Crippen LogP contribution in [-0.2, 0) is 4.74 Å². The van der Waals surface area contributed by atoms with Crippen LogP contribution in [0.15, 0.2) is 48.8 Å². The monoisotopic (exact) mass is 403 g/mol. The quantitative estimate of drug-likeness (QED) is 0.533. The summed E-state index contributed by atoms with van der Waals surface area (Å²) >= 11 is 12.1. The fourth-order valence-corrected chi connectivity index (χ4v) is 2.78. The number of carbonyl (C=O) groups is 1. The molecule has 3 rings (SSSR count). The van der Waals surface area contributed by atoms with Crippen molar-refractivity contribution in [1.29, 1.82) is 0 Å². The van der Waals surface area contributed by atoms with Crippen molar-refractivity contribution >= 4 is 57.9 Å². The largest absolute Gasteiger partial charge is 0.465 e. The standard InChI is InChI=1S/C18H15Cl2N5O2/c1-27-18(26)11-4-2-3-5-13(11)24-16-15(21)17(23-9-22-16)25-14-7-6-10(19)8-12(14)20/h2-9H,21H2,1H3,(H2,22,23,24,25). The molecular weight excluding hydrogens is 389 g/mol. The number of nitrogens with one attached hydrogen (secondary N) is 2. The molecule has 0 unspecified atom stereocenters. The van der Waals surface area contributed by atoms with E-state index in [1.165, 1.54) is 13.4 Å². The summed E-state index contributed by atoms with van der Waals surface area (Å²) in [5.41, 5.74) is 7.89. The lowest BCUT2D eigenvalue weighted by molar-refractivity contribution is 0.0602. The summed E-state index contributed by atoms with van der Waals surface area (Å²) in [6.45, 7) is 0. The molecule has 0 fully saturated rings. The SMILES string of the molecule is COC(=O)c1ccccc1Nc1ncnc(Nc2ccc(Cl)cc2Cl)c1N. The molecule has 1 aromatic heterocycles. The number of halogens is 2. The van der Waals surface area contributed by atoms with Crippen LogP contribution in [-0.4, -0.2) is 23.0 Å². The third-order valence-electron chi connectivity index (χ3n) is 3.65. The molecule has 0 aliphatic rings. The first kappa shape index (κ1) is 18.8. The lowest BCUT2D eigenvalue weighted by Crippen LogP contribution is -2.09. The molecule has 0 saturated heterocycles. The molecule has 0 aliphatic carbocycles. The zero-order chi connectivity index (χ0) is 19.4. The van der Waals surface area contributed by atoms with E-state index in [2.05, 4.69) is 20.6 Å². The fourth-order valence-electron chi connectivity index (χ4n) is 2.32. The van der Waals surface area contributed by atoms with Gasteiger partial charge in [0.15, 0.2) is 11.6 Å². The minimum atomic E-state index is -0.475. The van der Waals surface area contributed by atoms with Crippen LogP contribution in [0.3, 0.4) is 0 Å². The first-order valence-electron chi connectivity index (χ1n) is 7.76. The third-order valence-corrected chi connectivity index (χ3v) is 4.20. The van der Waals surface area contributed by atoms with Crippen molar-refractivity contribution in [1.82, 2.24) is 9.97 Å². The number of anilines is 5. The average Bonchev–Trinajstić information content (AvgIpc) is 2.66. The summed E-state index contributed by atoms with van der Waals surface area (Å²) in [5, 5.41) is 7.02. The second-order valence-corrected chi connectivity index (χ2v) is 6.24. The van der Waals surface area contributed by atoms with E-state index in [4.69, 9.17) is 33.7 Å². The number of rotatable bonds is 5. The molecule has 0 amide bonds. The number of benzene rings is 2. The van der Waals surface area contributed by atoms with Gasteiger partial charge in [-0.3, -0.25) is 0 Å². The maximum Gasteiger partial charge on any atom is 0.339 e. The van der Waals surface area contributed by atoms with E-state index in [0.717, 1.165) is 0 Å². The Morgan fingerprint density at radius 1 is 1.04 bits per heavy atom. The predicted octanol–water partition coefficient (Wildman–Crippen LogP) is 4.64. The van der Waals surface area contributed by atoms with Gasteiger partial charge in [0.2, 0.25) is 0 Å². The normalized spacial score (nSPS) is 10.3. The molecular formula is C18H15Cl2N5O2. The fraction of sp³-hybridized carbons (Fsp3) is 0.0556. The Labute approximate surface area is 165 Å². The van der Waals surface area contributed by atoms with Gasteiger partial charge in [-0.25, -0.2) is 14.8 Å². The molecule has 1 heterocycles. The highest BCUT2D eigenvalue weighted by Crippen LogP contribution is 2.32. The average molecular weight is 404 g/mol. The number of hydrogen-bond acceptors (Lipinski definition) is 7. The van der Waals surface area contributed by atoms with Crippen LogP contribution in [0, 0.1) is 0 Å². The third kappa shape index (κ3) is 4.21. The van der Waals surface area contributed by atoms with Crippen LogP contribution >= 0.6 is 23.2 Å². The van der Waals surface area contributed by atoms with E-state index < -0.39 is 5.97 Å². The highest BCUT2D eigenvalue weighted by Gasteiger charge is 2.15. The Hall–Kier alpha value is -3.03. The zero-order valence-corrected chi connectivity index (χ0v) is 15.7. The van der Waals surface area contributed by atoms with E-state index in [0.29, 0.717) is 38.6 Å². The summed E-state index contributed by atoms with van der Waals surface area (Å²) in [6, 6.07) is 11.9. The van der Waals surface area contributed by atoms with E-state index in [9.17, 15) is 4.79 Å². The van der Waals surface area contributed by atoms with Crippen LogP contribution in [0.4, 0.5) is 28.7 Å². The van der Waals surface area contributed by atoms with Crippen molar-refractivity contribution in [2.24, 2.45) is 0 Å². The van der Waals surface area contributed by atoms with Gasteiger partial charge in [-0.2, -0.15) is 0 Å². The summed E-state index contributed by atoms with van der Waals surface area (Å²) in [5.74, 6) is 0.207. The summed E-state index contributed by atoms with van der Waals surface area (Å²) in [6.07, 6.45) is 1.34. The van der Waals surface area contributed by atoms with E-state index >= 15 is 0 Å². The molecule has 0 radical (unpaired) electrons. The minimum Gasteiger partial charge on any atom is -0.465 e. The lowest BCUT2D eigenvalue weighted by Gasteiger charge is -2.14. The summed E-state index contributed by atoms with van der Waals surface area (Å²) in [4.78, 5) is 20.2. The van der Waals surface area contributed by atoms with Gasteiger partial charge in [-0.1, -0.05) is 35.3 Å². The van der Waals surface area contributed by atoms with Crippen LogP contribution in [0.25, 0.3) is 0 Å². The van der Waals surface area contributed by atoms with Crippen molar-refractivity contribution in [3.8, 4) is 0 Å². The number of ether oxygens (including phenoxy) is 1. The number of hydrogen-bond donors (Lipinski definition) is 3. The topological polar surface area (TPSA) is 102 Å². The molecule has 7 nitrogen and oxygen atoms in total. The van der Waals surface area contributed by atoms with Gasteiger partial charge in [0.25, 0.3) is 0 Å². The van der Waals surface area contributed by atoms with Gasteiger partial charge in [-0.15, -0.1) is 0 Å². The Morgan fingerprint density at radius 3 is 2.37 bits per heavy atom. The number of nitrogen functional groups attached to an aromatic ring is 1. The molecule has 9 heteroatoms. The number of para-hydroxylation sites is 1. The molecule has 2 aromatic carbocycles. The van der Waals surface area contributed by atoms with Crippen LogP contribution in [0.2, 0.25) is 10.0 Å². The Morgan fingerprint density at radius 2 is 1.70 bits per heavy atom.